The smallest absolute Gasteiger partial charge is 0.290 e. The van der Waals surface area contributed by atoms with Gasteiger partial charge in [-0.25, -0.2) is 0 Å². The standard InChI is InChI=1S/C17H18N2O3/c20-17(18-14-11-19-9-8-12(14)10-19)15-6-7-16(22-15)21-13-4-2-1-3-5-13/h1-7,12,14H,8-11H2,(H,18,20)/t12-,14?/m0/s1. The average Bonchev–Trinajstić information content (AvgIpc) is 3.24. The van der Waals surface area contributed by atoms with Crippen molar-refractivity contribution >= 4 is 5.91 Å². The summed E-state index contributed by atoms with van der Waals surface area (Å²) >= 11 is 0. The van der Waals surface area contributed by atoms with Gasteiger partial charge in [-0.2, -0.15) is 0 Å². The molecule has 5 nitrogen and oxygen atoms in total. The Kier molecular flexibility index (Phi) is 3.35. The zero-order chi connectivity index (χ0) is 14.9. The zero-order valence-corrected chi connectivity index (χ0v) is 12.2. The fraction of sp³-hybridized carbons (Fsp3) is 0.353. The molecule has 2 aliphatic rings. The van der Waals surface area contributed by atoms with Crippen molar-refractivity contribution in [2.24, 2.45) is 5.92 Å². The number of nitrogens with zero attached hydrogens (tertiary/aromatic N) is 1. The Bertz CT molecular complexity index is 668. The highest BCUT2D eigenvalue weighted by molar-refractivity contribution is 5.91. The predicted molar refractivity (Wildman–Crippen MR) is 81.0 cm³/mol. The highest BCUT2D eigenvalue weighted by atomic mass is 16.6. The fourth-order valence-electron chi connectivity index (χ4n) is 3.29. The summed E-state index contributed by atoms with van der Waals surface area (Å²) in [7, 11) is 0. The number of carbonyl (C=O) groups is 1. The summed E-state index contributed by atoms with van der Waals surface area (Å²) in [6.45, 7) is 3.21. The lowest BCUT2D eigenvalue weighted by Crippen LogP contribution is -2.43. The summed E-state index contributed by atoms with van der Waals surface area (Å²) in [4.78, 5) is 14.7. The van der Waals surface area contributed by atoms with Crippen molar-refractivity contribution < 1.29 is 13.9 Å². The molecule has 4 rings (SSSR count). The summed E-state index contributed by atoms with van der Waals surface area (Å²) in [6.07, 6.45) is 1.17. The van der Waals surface area contributed by atoms with Gasteiger partial charge in [0.2, 0.25) is 0 Å². The van der Waals surface area contributed by atoms with Crippen molar-refractivity contribution in [1.82, 2.24) is 10.2 Å². The molecule has 5 heteroatoms. The van der Waals surface area contributed by atoms with Crippen LogP contribution in [0.15, 0.2) is 46.9 Å². The second-order valence-electron chi connectivity index (χ2n) is 5.92. The van der Waals surface area contributed by atoms with Crippen molar-refractivity contribution in [3.8, 4) is 11.7 Å². The van der Waals surface area contributed by atoms with Gasteiger partial charge in [0.1, 0.15) is 5.75 Å². The van der Waals surface area contributed by atoms with Crippen LogP contribution >= 0.6 is 0 Å². The van der Waals surface area contributed by atoms with Crippen LogP contribution in [-0.2, 0) is 0 Å². The average molecular weight is 298 g/mol. The number of nitrogens with one attached hydrogen (secondary N) is 1. The van der Waals surface area contributed by atoms with E-state index in [2.05, 4.69) is 10.2 Å². The van der Waals surface area contributed by atoms with Gasteiger partial charge in [-0.1, -0.05) is 18.2 Å². The highest BCUT2D eigenvalue weighted by Gasteiger charge is 2.38. The summed E-state index contributed by atoms with van der Waals surface area (Å²) in [5.41, 5.74) is 0. The van der Waals surface area contributed by atoms with E-state index in [1.807, 2.05) is 30.3 Å². The van der Waals surface area contributed by atoms with Crippen molar-refractivity contribution in [1.29, 1.82) is 0 Å². The molecule has 3 atom stereocenters. The lowest BCUT2D eigenvalue weighted by atomic mass is 10.00. The lowest BCUT2D eigenvalue weighted by molar-refractivity contribution is 0.0891. The van der Waals surface area contributed by atoms with E-state index in [-0.39, 0.29) is 11.9 Å². The maximum absolute atomic E-state index is 12.3. The molecular formula is C17H18N2O3. The Balaban J connectivity index is 1.39. The number of rotatable bonds is 4. The minimum Gasteiger partial charge on any atom is -0.426 e. The molecule has 0 spiro atoms. The van der Waals surface area contributed by atoms with Crippen LogP contribution in [0.1, 0.15) is 17.0 Å². The highest BCUT2D eigenvalue weighted by Crippen LogP contribution is 2.28. The van der Waals surface area contributed by atoms with Gasteiger partial charge in [-0.3, -0.25) is 4.79 Å². The molecular weight excluding hydrogens is 280 g/mol. The van der Waals surface area contributed by atoms with E-state index in [1.54, 1.807) is 12.1 Å². The monoisotopic (exact) mass is 298 g/mol. The molecule has 2 aliphatic heterocycles. The second kappa shape index (κ2) is 5.50. The van der Waals surface area contributed by atoms with Crippen LogP contribution in [0.2, 0.25) is 0 Å². The third-order valence-corrected chi connectivity index (χ3v) is 4.42. The molecule has 22 heavy (non-hydrogen) atoms. The second-order valence-corrected chi connectivity index (χ2v) is 5.92. The first-order valence-corrected chi connectivity index (χ1v) is 7.64. The summed E-state index contributed by atoms with van der Waals surface area (Å²) in [5.74, 6) is 1.72. The maximum atomic E-state index is 12.3. The maximum Gasteiger partial charge on any atom is 0.290 e. The predicted octanol–water partition coefficient (Wildman–Crippen LogP) is 2.51. The van der Waals surface area contributed by atoms with Gasteiger partial charge in [0, 0.05) is 25.2 Å². The fourth-order valence-corrected chi connectivity index (χ4v) is 3.29. The van der Waals surface area contributed by atoms with Gasteiger partial charge in [-0.05, 0) is 37.1 Å². The van der Waals surface area contributed by atoms with Crippen LogP contribution < -0.4 is 10.1 Å². The molecule has 1 N–H and O–H groups in total. The molecule has 2 fully saturated rings. The molecule has 2 saturated heterocycles. The first kappa shape index (κ1) is 13.4. The van der Waals surface area contributed by atoms with Gasteiger partial charge >= 0.3 is 0 Å². The number of hydrogen-bond acceptors (Lipinski definition) is 4. The third kappa shape index (κ3) is 2.60. The van der Waals surface area contributed by atoms with Crippen LogP contribution in [0.25, 0.3) is 0 Å². The quantitative estimate of drug-likeness (QED) is 0.942. The van der Waals surface area contributed by atoms with Crippen molar-refractivity contribution in [2.45, 2.75) is 12.5 Å². The zero-order valence-electron chi connectivity index (χ0n) is 12.2. The Morgan fingerprint density at radius 3 is 2.77 bits per heavy atom. The molecule has 114 valence electrons. The number of benzene rings is 1. The Hall–Kier alpha value is -2.27. The largest absolute Gasteiger partial charge is 0.426 e. The van der Waals surface area contributed by atoms with Crippen LogP contribution in [0.5, 0.6) is 11.7 Å². The van der Waals surface area contributed by atoms with Crippen molar-refractivity contribution in [3.63, 3.8) is 0 Å². The van der Waals surface area contributed by atoms with Gasteiger partial charge in [0.25, 0.3) is 11.9 Å². The molecule has 0 radical (unpaired) electrons. The van der Waals surface area contributed by atoms with Gasteiger partial charge in [-0.15, -0.1) is 0 Å². The molecule has 2 bridgehead atoms. The van der Waals surface area contributed by atoms with Crippen LogP contribution in [0.4, 0.5) is 0 Å². The Morgan fingerprint density at radius 1 is 1.18 bits per heavy atom. The molecule has 3 heterocycles. The van der Waals surface area contributed by atoms with Crippen molar-refractivity contribution in [2.75, 3.05) is 19.6 Å². The van der Waals surface area contributed by atoms with E-state index in [1.165, 1.54) is 6.42 Å². The van der Waals surface area contributed by atoms with Gasteiger partial charge in [0.15, 0.2) is 5.76 Å². The number of amides is 1. The van der Waals surface area contributed by atoms with Gasteiger partial charge < -0.3 is 19.4 Å². The van der Waals surface area contributed by atoms with E-state index < -0.39 is 0 Å². The van der Waals surface area contributed by atoms with Crippen LogP contribution in [-0.4, -0.2) is 36.5 Å². The van der Waals surface area contributed by atoms with Crippen molar-refractivity contribution in [3.05, 3.63) is 48.2 Å². The third-order valence-electron chi connectivity index (χ3n) is 4.42. The number of piperidine rings is 1. The minimum absolute atomic E-state index is 0.165. The number of hydrogen-bond donors (Lipinski definition) is 1. The lowest BCUT2D eigenvalue weighted by Gasteiger charge is -2.22. The SMILES string of the molecule is O=C(NC1CN2CC[C@H]1C2)c1ccc(Oc2ccccc2)o1. The van der Waals surface area contributed by atoms with E-state index in [9.17, 15) is 4.79 Å². The minimum atomic E-state index is -0.165. The summed E-state index contributed by atoms with van der Waals surface area (Å²) in [5, 5.41) is 3.07. The van der Waals surface area contributed by atoms with E-state index >= 15 is 0 Å². The van der Waals surface area contributed by atoms with Crippen LogP contribution in [0.3, 0.4) is 0 Å². The van der Waals surface area contributed by atoms with E-state index in [4.69, 9.17) is 9.15 Å². The summed E-state index contributed by atoms with van der Waals surface area (Å²) < 4.78 is 11.1. The Labute approximate surface area is 128 Å². The molecule has 1 aromatic heterocycles. The van der Waals surface area contributed by atoms with Crippen LogP contribution in [0, 0.1) is 5.92 Å². The number of furan rings is 1. The molecule has 2 unspecified atom stereocenters. The molecule has 2 aromatic rings. The topological polar surface area (TPSA) is 54.7 Å². The summed E-state index contributed by atoms with van der Waals surface area (Å²) in [6, 6.07) is 12.9. The number of para-hydroxylation sites is 1. The van der Waals surface area contributed by atoms with Gasteiger partial charge in [0.05, 0.1) is 0 Å². The molecule has 1 aromatic carbocycles. The first-order valence-electron chi connectivity index (χ1n) is 7.64. The molecule has 1 amide bonds. The first-order chi connectivity index (χ1) is 10.8. The Morgan fingerprint density at radius 2 is 2.05 bits per heavy atom. The number of ether oxygens (including phenoxy) is 1. The number of fused-ring (bicyclic) bond motifs is 2. The van der Waals surface area contributed by atoms with E-state index in [0.29, 0.717) is 23.4 Å². The number of carbonyl (C=O) groups excluding carboxylic acids is 1. The normalized spacial score (nSPS) is 26.1. The molecule has 0 aliphatic carbocycles. The molecule has 0 saturated carbocycles. The van der Waals surface area contributed by atoms with E-state index in [0.717, 1.165) is 19.6 Å².